The molecule has 0 heterocycles. The summed E-state index contributed by atoms with van der Waals surface area (Å²) in [6.45, 7) is 8.55. The first-order valence-corrected chi connectivity index (χ1v) is 9.43. The second-order valence-corrected chi connectivity index (χ2v) is 7.86. The number of aromatic hydroxyl groups is 1. The highest BCUT2D eigenvalue weighted by Crippen LogP contribution is 2.39. The van der Waals surface area contributed by atoms with Crippen molar-refractivity contribution in [2.24, 2.45) is 0 Å². The first-order chi connectivity index (χ1) is 12.9. The molecule has 5 rings (SSSR count). The summed E-state index contributed by atoms with van der Waals surface area (Å²) < 4.78 is 0. The van der Waals surface area contributed by atoms with Crippen LogP contribution in [0.25, 0.3) is 43.1 Å². The predicted molar refractivity (Wildman–Crippen MR) is 117 cm³/mol. The number of phenolic OH excluding ortho intramolecular Hbond substituents is 1. The van der Waals surface area contributed by atoms with E-state index in [0.717, 1.165) is 21.5 Å². The van der Waals surface area contributed by atoms with Gasteiger partial charge < -0.3 is 5.11 Å². The summed E-state index contributed by atoms with van der Waals surface area (Å²) >= 11 is 0. The molecule has 0 aliphatic carbocycles. The average molecular weight is 350 g/mol. The summed E-state index contributed by atoms with van der Waals surface area (Å²) in [6, 6.07) is 19.6. The lowest BCUT2D eigenvalue weighted by molar-refractivity contribution is 0.488. The molecule has 1 nitrogen and oxygen atoms in total. The lowest BCUT2D eigenvalue weighted by Gasteiger charge is -2.13. The van der Waals surface area contributed by atoms with E-state index in [1.165, 1.54) is 43.8 Å². The standard InChI is InChI=1S/C26H22O/c1-14-5-7-16(3)22-12-24-18(10-20(14)22)9-19-11-21-15(2)6-8-17(4)23(21)13-25(19)26(24)27/h5-13,27H,1-4H3. The van der Waals surface area contributed by atoms with Crippen LogP contribution in [0.4, 0.5) is 0 Å². The van der Waals surface area contributed by atoms with Crippen molar-refractivity contribution in [3.05, 3.63) is 76.9 Å². The molecule has 0 saturated carbocycles. The number of rotatable bonds is 0. The first-order valence-electron chi connectivity index (χ1n) is 9.43. The largest absolute Gasteiger partial charge is 0.507 e. The zero-order chi connectivity index (χ0) is 18.9. The summed E-state index contributed by atoms with van der Waals surface area (Å²) in [7, 11) is 0. The van der Waals surface area contributed by atoms with Crippen molar-refractivity contribution >= 4 is 43.1 Å². The van der Waals surface area contributed by atoms with Crippen molar-refractivity contribution in [1.29, 1.82) is 0 Å². The van der Waals surface area contributed by atoms with Gasteiger partial charge >= 0.3 is 0 Å². The van der Waals surface area contributed by atoms with Gasteiger partial charge in [-0.05, 0) is 113 Å². The van der Waals surface area contributed by atoms with Gasteiger partial charge in [0.05, 0.1) is 0 Å². The number of aryl methyl sites for hydroxylation is 4. The minimum Gasteiger partial charge on any atom is -0.507 e. The molecule has 0 aliphatic rings. The van der Waals surface area contributed by atoms with E-state index in [1.54, 1.807) is 0 Å². The van der Waals surface area contributed by atoms with Crippen molar-refractivity contribution < 1.29 is 5.11 Å². The highest BCUT2D eigenvalue weighted by atomic mass is 16.3. The molecule has 0 spiro atoms. The van der Waals surface area contributed by atoms with Crippen LogP contribution >= 0.6 is 0 Å². The van der Waals surface area contributed by atoms with Gasteiger partial charge in [0.1, 0.15) is 5.75 Å². The van der Waals surface area contributed by atoms with Crippen molar-refractivity contribution in [3.63, 3.8) is 0 Å². The van der Waals surface area contributed by atoms with Crippen LogP contribution in [0.15, 0.2) is 54.6 Å². The monoisotopic (exact) mass is 350 g/mol. The fraction of sp³-hybridized carbons (Fsp3) is 0.154. The molecular formula is C26H22O. The van der Waals surface area contributed by atoms with Gasteiger partial charge in [-0.25, -0.2) is 0 Å². The summed E-state index contributed by atoms with van der Waals surface area (Å²) in [5.41, 5.74) is 5.01. The van der Waals surface area contributed by atoms with Crippen LogP contribution in [-0.4, -0.2) is 5.11 Å². The molecule has 0 radical (unpaired) electrons. The van der Waals surface area contributed by atoms with Gasteiger partial charge in [0, 0.05) is 10.8 Å². The fourth-order valence-electron chi connectivity index (χ4n) is 4.36. The second kappa shape index (κ2) is 5.47. The van der Waals surface area contributed by atoms with Gasteiger partial charge in [0.25, 0.3) is 0 Å². The zero-order valence-electron chi connectivity index (χ0n) is 16.1. The highest BCUT2D eigenvalue weighted by molar-refractivity contribution is 6.13. The summed E-state index contributed by atoms with van der Waals surface area (Å²) in [4.78, 5) is 0. The number of hydrogen-bond acceptors (Lipinski definition) is 1. The van der Waals surface area contributed by atoms with Crippen LogP contribution in [0.1, 0.15) is 22.3 Å². The molecule has 0 atom stereocenters. The molecule has 0 bridgehead atoms. The van der Waals surface area contributed by atoms with E-state index >= 15 is 0 Å². The molecule has 27 heavy (non-hydrogen) atoms. The smallest absolute Gasteiger partial charge is 0.131 e. The molecule has 5 aromatic carbocycles. The highest BCUT2D eigenvalue weighted by Gasteiger charge is 2.12. The second-order valence-electron chi connectivity index (χ2n) is 7.86. The Morgan fingerprint density at radius 3 is 1.15 bits per heavy atom. The molecular weight excluding hydrogens is 328 g/mol. The minimum absolute atomic E-state index is 0.383. The van der Waals surface area contributed by atoms with Crippen molar-refractivity contribution in [2.75, 3.05) is 0 Å². The van der Waals surface area contributed by atoms with Crippen molar-refractivity contribution in [1.82, 2.24) is 0 Å². The molecule has 0 unspecified atom stereocenters. The Hall–Kier alpha value is -3.06. The van der Waals surface area contributed by atoms with Gasteiger partial charge in [-0.1, -0.05) is 24.3 Å². The third kappa shape index (κ3) is 2.24. The normalized spacial score (nSPS) is 11.9. The first kappa shape index (κ1) is 16.1. The van der Waals surface area contributed by atoms with Gasteiger partial charge in [-0.3, -0.25) is 0 Å². The van der Waals surface area contributed by atoms with Crippen LogP contribution < -0.4 is 0 Å². The lowest BCUT2D eigenvalue weighted by Crippen LogP contribution is -1.87. The van der Waals surface area contributed by atoms with Crippen LogP contribution in [-0.2, 0) is 0 Å². The van der Waals surface area contributed by atoms with Crippen molar-refractivity contribution in [3.8, 4) is 5.75 Å². The van der Waals surface area contributed by atoms with Crippen LogP contribution in [0, 0.1) is 27.7 Å². The van der Waals surface area contributed by atoms with E-state index in [1.807, 2.05) is 0 Å². The van der Waals surface area contributed by atoms with Crippen LogP contribution in [0.5, 0.6) is 5.75 Å². The third-order valence-electron chi connectivity index (χ3n) is 6.07. The Bertz CT molecular complexity index is 1300. The molecule has 1 N–H and O–H groups in total. The molecule has 5 aromatic rings. The molecule has 0 aromatic heterocycles. The minimum atomic E-state index is 0.383. The van der Waals surface area contributed by atoms with E-state index in [4.69, 9.17) is 0 Å². The Morgan fingerprint density at radius 2 is 0.778 bits per heavy atom. The number of hydrogen-bond donors (Lipinski definition) is 1. The topological polar surface area (TPSA) is 20.2 Å². The quantitative estimate of drug-likeness (QED) is 0.292. The Balaban J connectivity index is 1.99. The van der Waals surface area contributed by atoms with Gasteiger partial charge in [-0.15, -0.1) is 0 Å². The molecule has 0 aliphatic heterocycles. The summed E-state index contributed by atoms with van der Waals surface area (Å²) in [6.07, 6.45) is 0. The summed E-state index contributed by atoms with van der Waals surface area (Å²) in [5.74, 6) is 0.383. The van der Waals surface area contributed by atoms with E-state index in [0.29, 0.717) is 5.75 Å². The zero-order valence-corrected chi connectivity index (χ0v) is 16.1. The molecule has 132 valence electrons. The number of fused-ring (bicyclic) bond motifs is 4. The van der Waals surface area contributed by atoms with Crippen molar-refractivity contribution in [2.45, 2.75) is 27.7 Å². The van der Waals surface area contributed by atoms with E-state index in [2.05, 4.69) is 82.3 Å². The maximum Gasteiger partial charge on any atom is 0.131 e. The Kier molecular flexibility index (Phi) is 3.27. The van der Waals surface area contributed by atoms with Crippen LogP contribution in [0.3, 0.4) is 0 Å². The Labute approximate surface area is 158 Å². The lowest BCUT2D eigenvalue weighted by atomic mass is 9.92. The van der Waals surface area contributed by atoms with Gasteiger partial charge in [-0.2, -0.15) is 0 Å². The molecule has 0 saturated heterocycles. The van der Waals surface area contributed by atoms with E-state index < -0.39 is 0 Å². The average Bonchev–Trinajstić information content (AvgIpc) is 2.66. The number of benzene rings is 5. The number of phenols is 1. The SMILES string of the molecule is Cc1ccc(C)c2cc3c(O)c4cc5c(C)ccc(C)c5cc4cc3cc12. The van der Waals surface area contributed by atoms with E-state index in [-0.39, 0.29) is 0 Å². The summed E-state index contributed by atoms with van der Waals surface area (Å²) in [5, 5.41) is 20.1. The maximum absolute atomic E-state index is 11.1. The molecule has 0 fully saturated rings. The Morgan fingerprint density at radius 1 is 0.444 bits per heavy atom. The van der Waals surface area contributed by atoms with Gasteiger partial charge in [0.2, 0.25) is 0 Å². The van der Waals surface area contributed by atoms with Gasteiger partial charge in [0.15, 0.2) is 0 Å². The maximum atomic E-state index is 11.1. The predicted octanol–water partition coefficient (Wildman–Crippen LogP) is 7.24. The fourth-order valence-corrected chi connectivity index (χ4v) is 4.36. The van der Waals surface area contributed by atoms with E-state index in [9.17, 15) is 5.11 Å². The third-order valence-corrected chi connectivity index (χ3v) is 6.07. The van der Waals surface area contributed by atoms with Crippen LogP contribution in [0.2, 0.25) is 0 Å². The molecule has 1 heteroatoms. The molecule has 0 amide bonds.